The van der Waals surface area contributed by atoms with Gasteiger partial charge in [-0.25, -0.2) is 0 Å². The fourth-order valence-electron chi connectivity index (χ4n) is 2.23. The van der Waals surface area contributed by atoms with Crippen LogP contribution in [-0.2, 0) is 0 Å². The van der Waals surface area contributed by atoms with Crippen molar-refractivity contribution in [3.05, 3.63) is 68.3 Å². The first kappa shape index (κ1) is 18.6. The number of nitro groups is 2. The zero-order valence-electron chi connectivity index (χ0n) is 13.8. The van der Waals surface area contributed by atoms with E-state index in [4.69, 9.17) is 4.74 Å². The first-order chi connectivity index (χ1) is 12.4. The third-order valence-electron chi connectivity index (χ3n) is 3.46. The number of methoxy groups -OCH3 is 1. The van der Waals surface area contributed by atoms with Gasteiger partial charge in [-0.2, -0.15) is 0 Å². The van der Waals surface area contributed by atoms with Gasteiger partial charge in [0.2, 0.25) is 0 Å². The highest BCUT2D eigenvalue weighted by atomic mass is 16.6. The summed E-state index contributed by atoms with van der Waals surface area (Å²) in [4.78, 5) is 32.9. The van der Waals surface area contributed by atoms with Crippen LogP contribution >= 0.6 is 0 Å². The molecule has 2 aromatic carbocycles. The molecule has 0 saturated carbocycles. The van der Waals surface area contributed by atoms with Crippen LogP contribution in [0.5, 0.6) is 5.75 Å². The van der Waals surface area contributed by atoms with Gasteiger partial charge in [-0.15, -0.1) is 0 Å². The average molecular weight is 360 g/mol. The molecule has 2 aromatic rings. The molecule has 0 atom stereocenters. The standard InChI is InChI=1S/C16H16N4O6/c1-26-15-7-6-11(10-14(15)20(24)25)16(21)18-9-8-17-12-4-2-3-5-13(12)19(22)23/h2-7,10,17H,8-9H2,1H3,(H,18,21). The fraction of sp³-hybridized carbons (Fsp3) is 0.188. The van der Waals surface area contributed by atoms with E-state index in [1.54, 1.807) is 18.2 Å². The minimum atomic E-state index is -0.633. The van der Waals surface area contributed by atoms with Crippen LogP contribution in [0, 0.1) is 20.2 Å². The summed E-state index contributed by atoms with van der Waals surface area (Å²) in [5.74, 6) is -0.440. The molecule has 0 heterocycles. The highest BCUT2D eigenvalue weighted by molar-refractivity contribution is 5.95. The SMILES string of the molecule is COc1ccc(C(=O)NCCNc2ccccc2[N+](=O)[O-])cc1[N+](=O)[O-]. The molecule has 0 saturated heterocycles. The van der Waals surface area contributed by atoms with Crippen LogP contribution in [0.3, 0.4) is 0 Å². The smallest absolute Gasteiger partial charge is 0.311 e. The van der Waals surface area contributed by atoms with Gasteiger partial charge in [-0.3, -0.25) is 25.0 Å². The van der Waals surface area contributed by atoms with E-state index in [1.807, 2.05) is 0 Å². The van der Waals surface area contributed by atoms with Crippen molar-refractivity contribution in [2.45, 2.75) is 0 Å². The molecule has 0 aliphatic heterocycles. The highest BCUT2D eigenvalue weighted by Crippen LogP contribution is 2.27. The van der Waals surface area contributed by atoms with Crippen molar-refractivity contribution >= 4 is 23.0 Å². The van der Waals surface area contributed by atoms with E-state index in [2.05, 4.69) is 10.6 Å². The molecule has 26 heavy (non-hydrogen) atoms. The number of hydrogen-bond acceptors (Lipinski definition) is 7. The minimum Gasteiger partial charge on any atom is -0.490 e. The summed E-state index contributed by atoms with van der Waals surface area (Å²) in [6.07, 6.45) is 0. The Kier molecular flexibility index (Phi) is 6.04. The number of hydrogen-bond donors (Lipinski definition) is 2. The number of para-hydroxylation sites is 2. The molecule has 0 radical (unpaired) electrons. The van der Waals surface area contributed by atoms with Crippen molar-refractivity contribution < 1.29 is 19.4 Å². The Hall–Kier alpha value is -3.69. The van der Waals surface area contributed by atoms with Crippen LogP contribution in [0.2, 0.25) is 0 Å². The number of rotatable bonds is 8. The lowest BCUT2D eigenvalue weighted by Crippen LogP contribution is -2.28. The second-order valence-electron chi connectivity index (χ2n) is 5.10. The number of benzene rings is 2. The summed E-state index contributed by atoms with van der Waals surface area (Å²) in [6, 6.07) is 10.0. The molecule has 10 heteroatoms. The number of nitrogens with one attached hydrogen (secondary N) is 2. The zero-order valence-corrected chi connectivity index (χ0v) is 13.8. The van der Waals surface area contributed by atoms with Gasteiger partial charge in [0.25, 0.3) is 11.6 Å². The van der Waals surface area contributed by atoms with Gasteiger partial charge in [0, 0.05) is 30.8 Å². The topological polar surface area (TPSA) is 137 Å². The Bertz CT molecular complexity index is 839. The predicted molar refractivity (Wildman–Crippen MR) is 93.6 cm³/mol. The average Bonchev–Trinajstić information content (AvgIpc) is 2.64. The molecule has 10 nitrogen and oxygen atoms in total. The van der Waals surface area contributed by atoms with Gasteiger partial charge >= 0.3 is 5.69 Å². The summed E-state index contributed by atoms with van der Waals surface area (Å²) in [5, 5.41) is 27.4. The Morgan fingerprint density at radius 2 is 1.73 bits per heavy atom. The van der Waals surface area contributed by atoms with Crippen LogP contribution in [0.15, 0.2) is 42.5 Å². The van der Waals surface area contributed by atoms with Gasteiger partial charge in [-0.1, -0.05) is 12.1 Å². The number of anilines is 1. The fourth-order valence-corrected chi connectivity index (χ4v) is 2.23. The largest absolute Gasteiger partial charge is 0.490 e. The molecule has 1 amide bonds. The van der Waals surface area contributed by atoms with E-state index in [0.717, 1.165) is 6.07 Å². The lowest BCUT2D eigenvalue weighted by Gasteiger charge is -2.09. The monoisotopic (exact) mass is 360 g/mol. The van der Waals surface area contributed by atoms with Gasteiger partial charge < -0.3 is 15.4 Å². The zero-order chi connectivity index (χ0) is 19.1. The third kappa shape index (κ3) is 4.44. The number of nitro benzene ring substituents is 2. The van der Waals surface area contributed by atoms with Crippen LogP contribution < -0.4 is 15.4 Å². The molecule has 0 unspecified atom stereocenters. The highest BCUT2D eigenvalue weighted by Gasteiger charge is 2.18. The Morgan fingerprint density at radius 3 is 2.38 bits per heavy atom. The molecular formula is C16H16N4O6. The van der Waals surface area contributed by atoms with Crippen LogP contribution in [0.25, 0.3) is 0 Å². The molecule has 0 aliphatic carbocycles. The van der Waals surface area contributed by atoms with Crippen LogP contribution in [0.4, 0.5) is 17.1 Å². The quantitative estimate of drug-likeness (QED) is 0.419. The first-order valence-electron chi connectivity index (χ1n) is 7.52. The Labute approximate surface area is 148 Å². The first-order valence-corrected chi connectivity index (χ1v) is 7.52. The van der Waals surface area contributed by atoms with Crippen LogP contribution in [-0.4, -0.2) is 36.0 Å². The van der Waals surface area contributed by atoms with E-state index in [-0.39, 0.29) is 35.8 Å². The van der Waals surface area contributed by atoms with Crippen molar-refractivity contribution in [1.82, 2.24) is 5.32 Å². The molecule has 0 aromatic heterocycles. The van der Waals surface area contributed by atoms with Gasteiger partial charge in [-0.05, 0) is 18.2 Å². The van der Waals surface area contributed by atoms with Crippen LogP contribution in [0.1, 0.15) is 10.4 Å². The van der Waals surface area contributed by atoms with E-state index in [0.29, 0.717) is 5.69 Å². The van der Waals surface area contributed by atoms with Crippen molar-refractivity contribution in [3.63, 3.8) is 0 Å². The Morgan fingerprint density at radius 1 is 1.04 bits per heavy atom. The number of carbonyl (C=O) groups excluding carboxylic acids is 1. The molecule has 136 valence electrons. The van der Waals surface area contributed by atoms with Gasteiger partial charge in [0.1, 0.15) is 5.69 Å². The molecule has 0 fully saturated rings. The minimum absolute atomic E-state index is 0.0598. The Balaban J connectivity index is 1.95. The maximum Gasteiger partial charge on any atom is 0.311 e. The summed E-state index contributed by atoms with van der Waals surface area (Å²) in [6.45, 7) is 0.416. The van der Waals surface area contributed by atoms with E-state index in [9.17, 15) is 25.0 Å². The van der Waals surface area contributed by atoms with Gasteiger partial charge in [0.15, 0.2) is 5.75 Å². The molecule has 2 N–H and O–H groups in total. The lowest BCUT2D eigenvalue weighted by atomic mass is 10.1. The van der Waals surface area contributed by atoms with Crippen molar-refractivity contribution in [2.75, 3.05) is 25.5 Å². The summed E-state index contributed by atoms with van der Waals surface area (Å²) in [7, 11) is 1.30. The lowest BCUT2D eigenvalue weighted by molar-refractivity contribution is -0.385. The maximum absolute atomic E-state index is 12.1. The number of nitrogens with zero attached hydrogens (tertiary/aromatic N) is 2. The van der Waals surface area contributed by atoms with Crippen molar-refractivity contribution in [3.8, 4) is 5.75 Å². The predicted octanol–water partition coefficient (Wildman–Crippen LogP) is 2.35. The molecule has 0 aliphatic rings. The molecule has 0 spiro atoms. The second-order valence-corrected chi connectivity index (χ2v) is 5.10. The molecular weight excluding hydrogens is 344 g/mol. The number of amides is 1. The van der Waals surface area contributed by atoms with E-state index >= 15 is 0 Å². The van der Waals surface area contributed by atoms with E-state index in [1.165, 1.54) is 25.3 Å². The summed E-state index contributed by atoms with van der Waals surface area (Å²) >= 11 is 0. The maximum atomic E-state index is 12.1. The molecule has 2 rings (SSSR count). The van der Waals surface area contributed by atoms with Crippen molar-refractivity contribution in [1.29, 1.82) is 0 Å². The van der Waals surface area contributed by atoms with Gasteiger partial charge in [0.05, 0.1) is 17.0 Å². The molecule has 0 bridgehead atoms. The van der Waals surface area contributed by atoms with E-state index < -0.39 is 15.8 Å². The number of ether oxygens (including phenoxy) is 1. The normalized spacial score (nSPS) is 10.0. The van der Waals surface area contributed by atoms with Crippen molar-refractivity contribution in [2.24, 2.45) is 0 Å². The third-order valence-corrected chi connectivity index (χ3v) is 3.46. The summed E-state index contributed by atoms with van der Waals surface area (Å²) in [5.41, 5.74) is 0.0813. The second kappa shape index (κ2) is 8.42. The summed E-state index contributed by atoms with van der Waals surface area (Å²) < 4.78 is 4.88. The number of carbonyl (C=O) groups is 1.